The van der Waals surface area contributed by atoms with Gasteiger partial charge in [0.25, 0.3) is 0 Å². The third-order valence-electron chi connectivity index (χ3n) is 16.7. The smallest absolute Gasteiger partial charge is 0.414 e. The number of benzene rings is 1. The molecule has 4 fully saturated rings. The first-order valence-corrected chi connectivity index (χ1v) is 28.9. The molecule has 0 saturated carbocycles. The number of methoxy groups -OCH3 is 1. The summed E-state index contributed by atoms with van der Waals surface area (Å²) in [5.74, 6) is -5.40. The van der Waals surface area contributed by atoms with E-state index < -0.39 is 168 Å². The van der Waals surface area contributed by atoms with Gasteiger partial charge in [0.1, 0.15) is 59.7 Å². The van der Waals surface area contributed by atoms with Crippen LogP contribution in [0.2, 0.25) is 0 Å². The summed E-state index contributed by atoms with van der Waals surface area (Å²) < 4.78 is 69.0. The lowest BCUT2D eigenvalue weighted by atomic mass is 9.77. The van der Waals surface area contributed by atoms with Crippen LogP contribution in [-0.4, -0.2) is 227 Å². The zero-order chi connectivity index (χ0) is 62.4. The zero-order valence-electron chi connectivity index (χ0n) is 51.5. The Labute approximate surface area is 488 Å². The Kier molecular flexibility index (Phi) is 23.8. The molecule has 4 saturated heterocycles. The van der Waals surface area contributed by atoms with Gasteiger partial charge in [-0.25, -0.2) is 14.0 Å². The second-order valence-corrected chi connectivity index (χ2v) is 25.3. The first-order chi connectivity index (χ1) is 38.4. The minimum atomic E-state index is -1.91. The molecule has 4 aliphatic heterocycles. The molecule has 0 radical (unpaired) electrons. The number of halogens is 1. The van der Waals surface area contributed by atoms with Crippen molar-refractivity contribution in [2.45, 2.75) is 236 Å². The van der Waals surface area contributed by atoms with Crippen LogP contribution >= 0.6 is 0 Å². The van der Waals surface area contributed by atoms with Crippen molar-refractivity contribution >= 4 is 35.7 Å². The molecular weight excluding hydrogens is 1090 g/mol. The third kappa shape index (κ3) is 17.4. The van der Waals surface area contributed by atoms with Gasteiger partial charge in [-0.3, -0.25) is 19.3 Å². The maximum atomic E-state index is 14.6. The van der Waals surface area contributed by atoms with E-state index in [1.807, 2.05) is 11.8 Å². The van der Waals surface area contributed by atoms with Crippen molar-refractivity contribution in [3.63, 3.8) is 0 Å². The number of nitrogens with zero attached hydrogens (tertiary/aromatic N) is 3. The number of likely N-dealkylation sites (N-methyl/N-ethyl adjacent to an activating group) is 2. The molecule has 1 aromatic carbocycles. The molecule has 0 aliphatic carbocycles. The molecule has 0 aromatic heterocycles. The van der Waals surface area contributed by atoms with Crippen LogP contribution in [0, 0.1) is 23.6 Å². The van der Waals surface area contributed by atoms with Gasteiger partial charge in [0.05, 0.1) is 66.4 Å². The van der Waals surface area contributed by atoms with E-state index in [-0.39, 0.29) is 50.4 Å². The van der Waals surface area contributed by atoms with Crippen molar-refractivity contribution in [1.29, 1.82) is 0 Å². The third-order valence-corrected chi connectivity index (χ3v) is 16.7. The van der Waals surface area contributed by atoms with Crippen LogP contribution in [0.3, 0.4) is 0 Å². The quantitative estimate of drug-likeness (QED) is 0.0922. The maximum absolute atomic E-state index is 14.6. The van der Waals surface area contributed by atoms with Crippen LogP contribution in [0.4, 0.5) is 19.7 Å². The number of cyclic esters (lactones) is 2. The number of hydrogen-bond acceptors (Lipinski definition) is 21. The monoisotopic (exact) mass is 1190 g/mol. The number of anilines is 1. The summed E-state index contributed by atoms with van der Waals surface area (Å²) in [5.41, 5.74) is -5.55. The van der Waals surface area contributed by atoms with Crippen molar-refractivity contribution in [2.75, 3.05) is 52.8 Å². The van der Waals surface area contributed by atoms with Gasteiger partial charge in [-0.2, -0.15) is 0 Å². The molecule has 1 unspecified atom stereocenters. The number of carbonyl (C=O) groups excluding carboxylic acids is 5. The summed E-state index contributed by atoms with van der Waals surface area (Å²) in [6.45, 7) is 21.6. The summed E-state index contributed by atoms with van der Waals surface area (Å²) in [6, 6.07) is 2.35. The van der Waals surface area contributed by atoms with Gasteiger partial charge in [-0.15, -0.1) is 0 Å². The number of hydrogen-bond donors (Lipinski definition) is 7. The summed E-state index contributed by atoms with van der Waals surface area (Å²) in [4.78, 5) is 72.7. The second kappa shape index (κ2) is 28.4. The van der Waals surface area contributed by atoms with Crippen LogP contribution < -0.4 is 15.5 Å². The predicted octanol–water partition coefficient (Wildman–Crippen LogP) is 3.38. The van der Waals surface area contributed by atoms with E-state index in [4.69, 9.17) is 42.6 Å². The number of aliphatic hydroxyl groups is 5. The fourth-order valence-corrected chi connectivity index (χ4v) is 12.0. The largest absolute Gasteiger partial charge is 0.459 e. The van der Waals surface area contributed by atoms with Gasteiger partial charge in [0, 0.05) is 38.5 Å². The average molecular weight is 1190 g/mol. The van der Waals surface area contributed by atoms with Crippen LogP contribution in [0.25, 0.3) is 0 Å². The molecule has 7 N–H and O–H groups in total. The van der Waals surface area contributed by atoms with Crippen molar-refractivity contribution in [2.24, 2.45) is 17.8 Å². The number of esters is 2. The van der Waals surface area contributed by atoms with Gasteiger partial charge < -0.3 is 88.6 Å². The molecule has 4 aliphatic rings. The van der Waals surface area contributed by atoms with Crippen LogP contribution in [-0.2, 0) is 57.0 Å². The number of aliphatic hydroxyl groups excluding tert-OH is 3. The summed E-state index contributed by atoms with van der Waals surface area (Å²) in [5, 5.41) is 65.2. The summed E-state index contributed by atoms with van der Waals surface area (Å²) >= 11 is 0. The van der Waals surface area contributed by atoms with E-state index >= 15 is 0 Å². The number of alkyl carbamates (subject to hydrolysis) is 1. The maximum Gasteiger partial charge on any atom is 0.414 e. The van der Waals surface area contributed by atoms with Gasteiger partial charge >= 0.3 is 24.1 Å². The van der Waals surface area contributed by atoms with Crippen molar-refractivity contribution in [3.05, 3.63) is 30.1 Å². The lowest BCUT2D eigenvalue weighted by molar-refractivity contribution is -0.327. The van der Waals surface area contributed by atoms with Crippen molar-refractivity contribution in [3.8, 4) is 0 Å². The topological polar surface area (TPSA) is 303 Å². The highest BCUT2D eigenvalue weighted by molar-refractivity contribution is 5.90. The van der Waals surface area contributed by atoms with Gasteiger partial charge in [-0.05, 0) is 134 Å². The predicted molar refractivity (Wildman–Crippen MR) is 299 cm³/mol. The van der Waals surface area contributed by atoms with E-state index in [0.29, 0.717) is 6.54 Å². The lowest BCUT2D eigenvalue weighted by Crippen LogP contribution is -2.65. The normalized spacial score (nSPS) is 38.5. The van der Waals surface area contributed by atoms with E-state index in [9.17, 15) is 53.9 Å². The molecule has 5 rings (SSSR count). The Morgan fingerprint density at radius 2 is 1.58 bits per heavy atom. The molecular formula is C58H96FN5O19. The lowest BCUT2D eigenvalue weighted by Gasteiger charge is -2.50. The molecule has 0 bridgehead atoms. The Bertz CT molecular complexity index is 2350. The van der Waals surface area contributed by atoms with E-state index in [0.717, 1.165) is 0 Å². The van der Waals surface area contributed by atoms with Crippen molar-refractivity contribution < 1.29 is 96.5 Å². The average Bonchev–Trinajstić information content (AvgIpc) is 3.97. The fraction of sp³-hybridized carbons (Fsp3) is 0.810. The first-order valence-electron chi connectivity index (χ1n) is 28.9. The van der Waals surface area contributed by atoms with E-state index in [1.54, 1.807) is 102 Å². The Hall–Kier alpha value is -4.38. The highest BCUT2D eigenvalue weighted by atomic mass is 19.1. The number of rotatable bonds is 16. The molecule has 474 valence electrons. The Morgan fingerprint density at radius 3 is 2.18 bits per heavy atom. The van der Waals surface area contributed by atoms with Gasteiger partial charge in [0.15, 0.2) is 12.6 Å². The fourth-order valence-electron chi connectivity index (χ4n) is 12.0. The number of ether oxygens (including phenoxy) is 9. The van der Waals surface area contributed by atoms with Crippen LogP contribution in [0.15, 0.2) is 24.3 Å². The summed E-state index contributed by atoms with van der Waals surface area (Å²) in [6.07, 6.45) is -16.4. The van der Waals surface area contributed by atoms with E-state index in [1.165, 1.54) is 43.2 Å². The molecule has 83 heavy (non-hydrogen) atoms. The minimum absolute atomic E-state index is 0.0142. The minimum Gasteiger partial charge on any atom is -0.459 e. The molecule has 24 nitrogen and oxygen atoms in total. The van der Waals surface area contributed by atoms with Crippen molar-refractivity contribution in [1.82, 2.24) is 20.4 Å². The molecule has 0 spiro atoms. The molecule has 3 amide bonds. The second-order valence-electron chi connectivity index (χ2n) is 25.3. The highest BCUT2D eigenvalue weighted by Gasteiger charge is 2.54. The first kappa shape index (κ1) is 69.4. The number of amides is 3. The number of carbonyl (C=O) groups is 5. The Morgan fingerprint density at radius 1 is 0.916 bits per heavy atom. The highest BCUT2D eigenvalue weighted by Crippen LogP contribution is 2.41. The van der Waals surface area contributed by atoms with Gasteiger partial charge in [0.2, 0.25) is 5.91 Å². The summed E-state index contributed by atoms with van der Waals surface area (Å²) in [7, 11) is 6.54. The van der Waals surface area contributed by atoms with E-state index in [2.05, 4.69) is 10.6 Å². The standard InChI is InChI=1S/C58H96FN5O19/c1-18-40-58(13,74)47(67)33(5)63(16)28-30(2)25-56(11,73)49(31(3)45(32(4)51(70)79-40)81-42-26-57(12,75-17)48(68)35(7)76-42)82-52-44(66)43(62(14)15)46(34(6)77-52)80-41(65)23-22-39(61-53(71)83-55(8,9)10)50(69)60-27-38-29-64(54(72)78-38)37-21-19-20-36(59)24-37/h19-21,24,30-35,38-40,42-49,52,66-68,73-74H,18,22-23,25-29H2,1-17H3,(H,60,69)(H,61,71)/t30-,31+,32-,33-,34-,35+,38+,39+,40-,42+,43-,44-,45+,46?,47-,48+,49-,52+,56-,57-,58-/m1/s1. The number of nitrogens with one attached hydrogen (secondary N) is 2. The molecule has 25 heteroatoms. The zero-order valence-corrected chi connectivity index (χ0v) is 51.5. The SMILES string of the molecule is CC[C@H]1OC(=O)[C@H](C)[C@@H](O[C@H]2C[C@@](C)(OC)[C@@H](O)[C@H](C)O2)[C@H](C)[C@@H](O[C@@H]2O[C@H](C)C(OC(=O)CC[C@H](NC(=O)OC(C)(C)C)C(=O)NC[C@H]3CN(c4cccc(F)c4)C(=O)O3)[C@H](N(C)C)[C@H]2O)[C@](C)(O)C[C@@H](C)CN(C)[C@H](C)[C@@H](O)[C@]1(C)O. The molecule has 21 atom stereocenters. The molecule has 1 aromatic rings. The van der Waals surface area contributed by atoms with Crippen LogP contribution in [0.5, 0.6) is 0 Å². The van der Waals surface area contributed by atoms with Crippen LogP contribution in [0.1, 0.15) is 122 Å². The van der Waals surface area contributed by atoms with Gasteiger partial charge in [-0.1, -0.05) is 26.8 Å². The Balaban J connectivity index is 1.41. The molecule has 4 heterocycles.